The molecule has 0 heterocycles. The first kappa shape index (κ1) is 14.6. The van der Waals surface area contributed by atoms with Gasteiger partial charge in [0.2, 0.25) is 0 Å². The molecule has 0 bridgehead atoms. The molecule has 0 saturated heterocycles. The third-order valence-corrected chi connectivity index (χ3v) is 4.87. The second-order valence-corrected chi connectivity index (χ2v) is 6.54. The molecule has 2 unspecified atom stereocenters. The van der Waals surface area contributed by atoms with Crippen LogP contribution in [0.15, 0.2) is 18.2 Å². The lowest BCUT2D eigenvalue weighted by molar-refractivity contribution is 0.0240. The Kier molecular flexibility index (Phi) is 4.67. The maximum Gasteiger partial charge on any atom is 0.0688 e. The van der Waals surface area contributed by atoms with Gasteiger partial charge < -0.3 is 5.11 Å². The Morgan fingerprint density at radius 1 is 1.21 bits per heavy atom. The molecule has 1 aromatic carbocycles. The van der Waals surface area contributed by atoms with Gasteiger partial charge in [-0.25, -0.2) is 0 Å². The second kappa shape index (κ2) is 6.09. The van der Waals surface area contributed by atoms with Gasteiger partial charge in [0, 0.05) is 6.42 Å². The van der Waals surface area contributed by atoms with E-state index in [-0.39, 0.29) is 0 Å². The van der Waals surface area contributed by atoms with Crippen molar-refractivity contribution in [3.05, 3.63) is 34.9 Å². The lowest BCUT2D eigenvalue weighted by Gasteiger charge is -2.28. The van der Waals surface area contributed by atoms with Crippen molar-refractivity contribution in [2.24, 2.45) is 5.92 Å². The number of benzene rings is 1. The molecule has 1 aliphatic rings. The summed E-state index contributed by atoms with van der Waals surface area (Å²) in [4.78, 5) is 0. The molecular weight excluding hydrogens is 232 g/mol. The van der Waals surface area contributed by atoms with E-state index in [1.54, 1.807) is 0 Å². The second-order valence-electron chi connectivity index (χ2n) is 6.54. The largest absolute Gasteiger partial charge is 0.390 e. The third kappa shape index (κ3) is 3.82. The summed E-state index contributed by atoms with van der Waals surface area (Å²) in [5, 5.41) is 10.9. The van der Waals surface area contributed by atoms with Crippen molar-refractivity contribution in [2.75, 3.05) is 0 Å². The normalized spacial score (nSPS) is 28.1. The monoisotopic (exact) mass is 260 g/mol. The standard InChI is InChI=1S/C18H28O/c1-4-16-6-5-10-18(19,11-9-16)13-17-12-14(2)7-8-15(17)3/h7-8,12,16,19H,4-6,9-11,13H2,1-3H3. The van der Waals surface area contributed by atoms with Crippen molar-refractivity contribution in [3.63, 3.8) is 0 Å². The molecule has 2 atom stereocenters. The fraction of sp³-hybridized carbons (Fsp3) is 0.667. The van der Waals surface area contributed by atoms with Gasteiger partial charge in [-0.15, -0.1) is 0 Å². The van der Waals surface area contributed by atoms with E-state index in [1.807, 2.05) is 0 Å². The van der Waals surface area contributed by atoms with Crippen molar-refractivity contribution >= 4 is 0 Å². The molecule has 1 nitrogen and oxygen atoms in total. The zero-order valence-electron chi connectivity index (χ0n) is 12.7. The maximum absolute atomic E-state index is 10.9. The molecule has 0 aliphatic heterocycles. The minimum atomic E-state index is -0.470. The zero-order valence-corrected chi connectivity index (χ0v) is 12.7. The Morgan fingerprint density at radius 3 is 2.74 bits per heavy atom. The zero-order chi connectivity index (χ0) is 13.9. The minimum absolute atomic E-state index is 0.470. The van der Waals surface area contributed by atoms with Crippen LogP contribution in [0.5, 0.6) is 0 Å². The topological polar surface area (TPSA) is 20.2 Å². The summed E-state index contributed by atoms with van der Waals surface area (Å²) in [6.45, 7) is 6.57. The highest BCUT2D eigenvalue weighted by atomic mass is 16.3. The molecule has 2 rings (SSSR count). The van der Waals surface area contributed by atoms with Crippen LogP contribution in [0.3, 0.4) is 0 Å². The molecule has 106 valence electrons. The van der Waals surface area contributed by atoms with E-state index in [2.05, 4.69) is 39.0 Å². The van der Waals surface area contributed by atoms with Crippen LogP contribution in [-0.4, -0.2) is 10.7 Å². The van der Waals surface area contributed by atoms with Gasteiger partial charge in [0.15, 0.2) is 0 Å². The highest BCUT2D eigenvalue weighted by molar-refractivity contribution is 5.31. The smallest absolute Gasteiger partial charge is 0.0688 e. The highest BCUT2D eigenvalue weighted by Gasteiger charge is 2.30. The Bertz CT molecular complexity index is 424. The van der Waals surface area contributed by atoms with Crippen LogP contribution in [0.25, 0.3) is 0 Å². The molecule has 0 aromatic heterocycles. The average Bonchev–Trinajstić information content (AvgIpc) is 2.56. The lowest BCUT2D eigenvalue weighted by Crippen LogP contribution is -2.31. The van der Waals surface area contributed by atoms with Crippen LogP contribution in [0.1, 0.15) is 62.1 Å². The molecule has 1 aliphatic carbocycles. The average molecular weight is 260 g/mol. The van der Waals surface area contributed by atoms with E-state index in [0.717, 1.165) is 25.2 Å². The minimum Gasteiger partial charge on any atom is -0.390 e. The molecule has 0 amide bonds. The molecule has 1 heteroatoms. The SMILES string of the molecule is CCC1CCCC(O)(Cc2cc(C)ccc2C)CC1. The van der Waals surface area contributed by atoms with Gasteiger partial charge in [0.25, 0.3) is 0 Å². The number of aliphatic hydroxyl groups is 1. The number of rotatable bonds is 3. The first-order valence-electron chi connectivity index (χ1n) is 7.81. The Hall–Kier alpha value is -0.820. The van der Waals surface area contributed by atoms with Crippen LogP contribution < -0.4 is 0 Å². The van der Waals surface area contributed by atoms with Crippen molar-refractivity contribution in [1.29, 1.82) is 0 Å². The number of aryl methyl sites for hydroxylation is 2. The lowest BCUT2D eigenvalue weighted by atomic mass is 9.85. The van der Waals surface area contributed by atoms with E-state index in [4.69, 9.17) is 0 Å². The summed E-state index contributed by atoms with van der Waals surface area (Å²) in [5.74, 6) is 0.827. The fourth-order valence-corrected chi connectivity index (χ4v) is 3.39. The van der Waals surface area contributed by atoms with Gasteiger partial charge >= 0.3 is 0 Å². The molecule has 1 saturated carbocycles. The summed E-state index contributed by atoms with van der Waals surface area (Å²) in [7, 11) is 0. The van der Waals surface area contributed by atoms with E-state index in [1.165, 1.54) is 42.4 Å². The van der Waals surface area contributed by atoms with Gasteiger partial charge in [-0.3, -0.25) is 0 Å². The van der Waals surface area contributed by atoms with Crippen molar-refractivity contribution < 1.29 is 5.11 Å². The third-order valence-electron chi connectivity index (χ3n) is 4.87. The van der Waals surface area contributed by atoms with E-state index >= 15 is 0 Å². The van der Waals surface area contributed by atoms with Crippen LogP contribution >= 0.6 is 0 Å². The fourth-order valence-electron chi connectivity index (χ4n) is 3.39. The van der Waals surface area contributed by atoms with E-state index in [0.29, 0.717) is 0 Å². The van der Waals surface area contributed by atoms with Crippen molar-refractivity contribution in [2.45, 2.75) is 71.3 Å². The molecule has 1 fully saturated rings. The molecule has 1 aromatic rings. The number of hydrogen-bond acceptors (Lipinski definition) is 1. The van der Waals surface area contributed by atoms with Crippen LogP contribution in [0.2, 0.25) is 0 Å². The van der Waals surface area contributed by atoms with Crippen LogP contribution in [0, 0.1) is 19.8 Å². The van der Waals surface area contributed by atoms with Gasteiger partial charge in [0.1, 0.15) is 0 Å². The van der Waals surface area contributed by atoms with Crippen molar-refractivity contribution in [3.8, 4) is 0 Å². The maximum atomic E-state index is 10.9. The Morgan fingerprint density at radius 2 is 2.00 bits per heavy atom. The Labute approximate surface area is 118 Å². The summed E-state index contributed by atoms with van der Waals surface area (Å²) in [6, 6.07) is 6.58. The molecule has 1 N–H and O–H groups in total. The summed E-state index contributed by atoms with van der Waals surface area (Å²) in [6.07, 6.45) is 7.70. The van der Waals surface area contributed by atoms with Gasteiger partial charge in [0.05, 0.1) is 5.60 Å². The summed E-state index contributed by atoms with van der Waals surface area (Å²) in [5.41, 5.74) is 3.47. The van der Waals surface area contributed by atoms with Crippen LogP contribution in [0.4, 0.5) is 0 Å². The molecule has 0 spiro atoms. The van der Waals surface area contributed by atoms with Gasteiger partial charge in [-0.2, -0.15) is 0 Å². The Balaban J connectivity index is 2.10. The predicted molar refractivity (Wildman–Crippen MR) is 81.4 cm³/mol. The van der Waals surface area contributed by atoms with Crippen LogP contribution in [-0.2, 0) is 6.42 Å². The molecular formula is C18H28O. The molecule has 19 heavy (non-hydrogen) atoms. The van der Waals surface area contributed by atoms with Gasteiger partial charge in [-0.1, -0.05) is 49.9 Å². The van der Waals surface area contributed by atoms with E-state index in [9.17, 15) is 5.11 Å². The first-order chi connectivity index (χ1) is 9.02. The quantitative estimate of drug-likeness (QED) is 0.789. The van der Waals surface area contributed by atoms with Gasteiger partial charge in [-0.05, 0) is 50.2 Å². The number of hydrogen-bond donors (Lipinski definition) is 1. The predicted octanol–water partition coefficient (Wildman–Crippen LogP) is 4.57. The highest BCUT2D eigenvalue weighted by Crippen LogP contribution is 2.34. The van der Waals surface area contributed by atoms with Crippen molar-refractivity contribution in [1.82, 2.24) is 0 Å². The molecule has 0 radical (unpaired) electrons. The first-order valence-corrected chi connectivity index (χ1v) is 7.81. The summed E-state index contributed by atoms with van der Waals surface area (Å²) < 4.78 is 0. The summed E-state index contributed by atoms with van der Waals surface area (Å²) >= 11 is 0. The van der Waals surface area contributed by atoms with E-state index < -0.39 is 5.60 Å².